The number of nitrogens with one attached hydrogen (secondary N) is 1. The van der Waals surface area contributed by atoms with Crippen LogP contribution in [-0.2, 0) is 9.59 Å². The van der Waals surface area contributed by atoms with Gasteiger partial charge in [0.2, 0.25) is 0 Å². The fourth-order valence-corrected chi connectivity index (χ4v) is 4.14. The van der Waals surface area contributed by atoms with Crippen molar-refractivity contribution < 1.29 is 9.59 Å². The van der Waals surface area contributed by atoms with E-state index in [1.165, 1.54) is 16.2 Å². The predicted octanol–water partition coefficient (Wildman–Crippen LogP) is 5.76. The van der Waals surface area contributed by atoms with E-state index in [1.54, 1.807) is 42.5 Å². The number of carbonyl (C=O) groups excluding carboxylic acids is 2. The van der Waals surface area contributed by atoms with Crippen molar-refractivity contribution in [2.75, 3.05) is 10.2 Å². The number of hydrogen-bond donors (Lipinski definition) is 1. The molecule has 2 amide bonds. The molecular weight excluding hydrogens is 415 g/mol. The predicted molar refractivity (Wildman–Crippen MR) is 115 cm³/mol. The highest BCUT2D eigenvalue weighted by atomic mass is 35.5. The lowest BCUT2D eigenvalue weighted by Gasteiger charge is -2.16. The molecule has 0 unspecified atom stereocenters. The average Bonchev–Trinajstić information content (AvgIpc) is 3.26. The molecule has 7 heteroatoms. The summed E-state index contributed by atoms with van der Waals surface area (Å²) < 4.78 is 0. The van der Waals surface area contributed by atoms with E-state index in [-0.39, 0.29) is 11.6 Å². The van der Waals surface area contributed by atoms with Crippen LogP contribution >= 0.6 is 34.5 Å². The van der Waals surface area contributed by atoms with Crippen LogP contribution in [0, 0.1) is 6.92 Å². The third-order valence-corrected chi connectivity index (χ3v) is 5.76. The zero-order chi connectivity index (χ0) is 19.8. The molecule has 1 aliphatic heterocycles. The van der Waals surface area contributed by atoms with Crippen LogP contribution in [0.3, 0.4) is 0 Å². The summed E-state index contributed by atoms with van der Waals surface area (Å²) >= 11 is 13.4. The van der Waals surface area contributed by atoms with E-state index in [0.717, 1.165) is 10.4 Å². The molecular formula is C21H14Cl2N2O2S. The molecule has 1 aliphatic rings. The molecule has 2 heterocycles. The molecule has 1 N–H and O–H groups in total. The van der Waals surface area contributed by atoms with Crippen LogP contribution in [0.4, 0.5) is 11.4 Å². The van der Waals surface area contributed by atoms with Crippen LogP contribution in [0.5, 0.6) is 0 Å². The van der Waals surface area contributed by atoms with Crippen molar-refractivity contribution in [1.82, 2.24) is 0 Å². The van der Waals surface area contributed by atoms with Gasteiger partial charge in [0.25, 0.3) is 11.8 Å². The first-order chi connectivity index (χ1) is 13.5. The zero-order valence-corrected chi connectivity index (χ0v) is 17.0. The van der Waals surface area contributed by atoms with Crippen molar-refractivity contribution in [3.05, 3.63) is 86.2 Å². The van der Waals surface area contributed by atoms with Gasteiger partial charge in [-0.2, -0.15) is 0 Å². The van der Waals surface area contributed by atoms with E-state index in [1.807, 2.05) is 24.4 Å². The number of rotatable bonds is 4. The van der Waals surface area contributed by atoms with Gasteiger partial charge in [0.15, 0.2) is 0 Å². The summed E-state index contributed by atoms with van der Waals surface area (Å²) in [6.07, 6.45) is 0. The van der Waals surface area contributed by atoms with Gasteiger partial charge in [-0.15, -0.1) is 11.3 Å². The second kappa shape index (κ2) is 7.43. The van der Waals surface area contributed by atoms with Crippen LogP contribution in [0.1, 0.15) is 10.4 Å². The molecule has 140 valence electrons. The lowest BCUT2D eigenvalue weighted by molar-refractivity contribution is -0.120. The van der Waals surface area contributed by atoms with Gasteiger partial charge >= 0.3 is 0 Å². The van der Waals surface area contributed by atoms with Gasteiger partial charge in [-0.1, -0.05) is 29.3 Å². The van der Waals surface area contributed by atoms with E-state index in [9.17, 15) is 9.59 Å². The molecule has 0 aliphatic carbocycles. The lowest BCUT2D eigenvalue weighted by atomic mass is 10.1. The summed E-state index contributed by atoms with van der Waals surface area (Å²) in [5, 5.41) is 6.16. The Labute approximate surface area is 176 Å². The highest BCUT2D eigenvalue weighted by Gasteiger charge is 2.40. The van der Waals surface area contributed by atoms with Crippen LogP contribution < -0.4 is 10.2 Å². The Morgan fingerprint density at radius 2 is 1.64 bits per heavy atom. The number of thiophene rings is 1. The number of anilines is 2. The highest BCUT2D eigenvalue weighted by molar-refractivity contribution is 7.11. The van der Waals surface area contributed by atoms with Crippen molar-refractivity contribution in [3.63, 3.8) is 0 Å². The van der Waals surface area contributed by atoms with Crippen molar-refractivity contribution in [3.8, 4) is 0 Å². The number of halogens is 2. The Morgan fingerprint density at radius 1 is 0.929 bits per heavy atom. The summed E-state index contributed by atoms with van der Waals surface area (Å²) in [4.78, 5) is 28.3. The minimum atomic E-state index is -0.412. The summed E-state index contributed by atoms with van der Waals surface area (Å²) in [6, 6.07) is 15.6. The minimum Gasteiger partial charge on any atom is -0.350 e. The van der Waals surface area contributed by atoms with Gasteiger partial charge in [-0.3, -0.25) is 9.59 Å². The minimum absolute atomic E-state index is 0.243. The molecule has 2 aromatic carbocycles. The first kappa shape index (κ1) is 18.7. The maximum atomic E-state index is 13.2. The lowest BCUT2D eigenvalue weighted by Crippen LogP contribution is -2.32. The summed E-state index contributed by atoms with van der Waals surface area (Å²) in [7, 11) is 0. The molecule has 4 nitrogen and oxygen atoms in total. The third kappa shape index (κ3) is 3.33. The normalized spacial score (nSPS) is 14.2. The molecule has 0 spiro atoms. The molecule has 0 saturated carbocycles. The smallest absolute Gasteiger partial charge is 0.282 e. The SMILES string of the molecule is Cc1cc(Cl)ccc1NC1=C(c2cccs2)C(=O)N(c2ccc(Cl)cc2)C1=O. The largest absolute Gasteiger partial charge is 0.350 e. The second-order valence-electron chi connectivity index (χ2n) is 6.23. The molecule has 0 saturated heterocycles. The molecule has 28 heavy (non-hydrogen) atoms. The number of carbonyl (C=O) groups is 2. The molecule has 4 rings (SSSR count). The molecule has 0 atom stereocenters. The van der Waals surface area contributed by atoms with Crippen molar-refractivity contribution in [2.45, 2.75) is 6.92 Å². The van der Waals surface area contributed by atoms with E-state index in [0.29, 0.717) is 27.0 Å². The maximum absolute atomic E-state index is 13.2. The molecule has 1 aromatic heterocycles. The molecule has 0 bridgehead atoms. The van der Waals surface area contributed by atoms with Crippen molar-refractivity contribution in [1.29, 1.82) is 0 Å². The van der Waals surface area contributed by atoms with Crippen LogP contribution in [0.15, 0.2) is 65.7 Å². The van der Waals surface area contributed by atoms with Gasteiger partial charge in [0.1, 0.15) is 5.70 Å². The topological polar surface area (TPSA) is 49.4 Å². The van der Waals surface area contributed by atoms with E-state index < -0.39 is 5.91 Å². The van der Waals surface area contributed by atoms with Gasteiger partial charge in [0, 0.05) is 20.6 Å². The van der Waals surface area contributed by atoms with Crippen LogP contribution in [-0.4, -0.2) is 11.8 Å². The fourth-order valence-electron chi connectivity index (χ4n) is 3.02. The third-order valence-electron chi connectivity index (χ3n) is 4.38. The maximum Gasteiger partial charge on any atom is 0.282 e. The monoisotopic (exact) mass is 428 g/mol. The Bertz CT molecular complexity index is 1110. The fraction of sp³-hybridized carbons (Fsp3) is 0.0476. The van der Waals surface area contributed by atoms with Crippen LogP contribution in [0.2, 0.25) is 10.0 Å². The molecule has 0 fully saturated rings. The Balaban J connectivity index is 1.80. The highest BCUT2D eigenvalue weighted by Crippen LogP contribution is 2.36. The average molecular weight is 429 g/mol. The number of aryl methyl sites for hydroxylation is 1. The van der Waals surface area contributed by atoms with Crippen molar-refractivity contribution in [2.24, 2.45) is 0 Å². The Hall–Kier alpha value is -2.60. The van der Waals surface area contributed by atoms with Crippen LogP contribution in [0.25, 0.3) is 5.57 Å². The summed E-state index contributed by atoms with van der Waals surface area (Å²) in [6.45, 7) is 1.89. The van der Waals surface area contributed by atoms with E-state index in [4.69, 9.17) is 23.2 Å². The zero-order valence-electron chi connectivity index (χ0n) is 14.7. The van der Waals surface area contributed by atoms with Gasteiger partial charge < -0.3 is 5.32 Å². The van der Waals surface area contributed by atoms with Gasteiger partial charge in [0.05, 0.1) is 11.3 Å². The van der Waals surface area contributed by atoms with Gasteiger partial charge in [-0.25, -0.2) is 4.90 Å². The van der Waals surface area contributed by atoms with Gasteiger partial charge in [-0.05, 0) is 66.4 Å². The van der Waals surface area contributed by atoms with E-state index in [2.05, 4.69) is 5.32 Å². The number of nitrogens with zero attached hydrogens (tertiary/aromatic N) is 1. The summed E-state index contributed by atoms with van der Waals surface area (Å²) in [5.74, 6) is -0.783. The summed E-state index contributed by atoms with van der Waals surface area (Å²) in [5.41, 5.74) is 2.65. The number of amides is 2. The Morgan fingerprint density at radius 3 is 2.29 bits per heavy atom. The number of hydrogen-bond acceptors (Lipinski definition) is 4. The number of benzene rings is 2. The number of imide groups is 1. The molecule has 0 radical (unpaired) electrons. The first-order valence-electron chi connectivity index (χ1n) is 8.41. The van der Waals surface area contributed by atoms with Crippen molar-refractivity contribution >= 4 is 63.3 Å². The molecule has 3 aromatic rings. The standard InChI is InChI=1S/C21H14Cl2N2O2S/c1-12-11-14(23)6-9-16(12)24-19-18(17-3-2-10-28-17)20(26)25(21(19)27)15-7-4-13(22)5-8-15/h2-11,24H,1H3. The Kier molecular flexibility index (Phi) is 4.98. The first-order valence-corrected chi connectivity index (χ1v) is 10.0. The quantitative estimate of drug-likeness (QED) is 0.537. The second-order valence-corrected chi connectivity index (χ2v) is 8.05. The van der Waals surface area contributed by atoms with E-state index >= 15 is 0 Å².